The molecule has 1 heterocycles. The summed E-state index contributed by atoms with van der Waals surface area (Å²) in [6.07, 6.45) is 1.25. The minimum absolute atomic E-state index is 0.136. The van der Waals surface area contributed by atoms with Crippen LogP contribution < -0.4 is 5.32 Å². The molecule has 108 valence electrons. The Bertz CT molecular complexity index is 850. The van der Waals surface area contributed by atoms with Gasteiger partial charge in [0.1, 0.15) is 10.6 Å². The predicted molar refractivity (Wildman–Crippen MR) is 77.6 cm³/mol. The maximum Gasteiger partial charge on any atom is 0.272 e. The van der Waals surface area contributed by atoms with Gasteiger partial charge >= 0.3 is 0 Å². The van der Waals surface area contributed by atoms with Gasteiger partial charge in [-0.25, -0.2) is 8.42 Å². The molecule has 0 spiro atoms. The molecule has 0 radical (unpaired) electrons. The molecule has 1 amide bonds. The van der Waals surface area contributed by atoms with E-state index in [4.69, 9.17) is 15.9 Å². The molecule has 0 saturated carbocycles. The lowest BCUT2D eigenvalue weighted by molar-refractivity contribution is 0.101. The Hall–Kier alpha value is -2.30. The van der Waals surface area contributed by atoms with Crippen molar-refractivity contribution < 1.29 is 13.2 Å². The van der Waals surface area contributed by atoms with Crippen molar-refractivity contribution in [3.8, 4) is 6.07 Å². The number of nitriles is 1. The van der Waals surface area contributed by atoms with Gasteiger partial charge < -0.3 is 9.88 Å². The number of hydrogen-bond acceptors (Lipinski definition) is 4. The van der Waals surface area contributed by atoms with Crippen LogP contribution in [0.4, 0.5) is 5.69 Å². The molecule has 0 bridgehead atoms. The Balaban J connectivity index is 2.29. The fourth-order valence-corrected chi connectivity index (χ4v) is 2.54. The number of hydrogen-bond donors (Lipinski definition) is 1. The molecular weight excluding hydrogens is 314 g/mol. The van der Waals surface area contributed by atoms with Gasteiger partial charge in [-0.2, -0.15) is 5.26 Å². The van der Waals surface area contributed by atoms with Gasteiger partial charge in [-0.1, -0.05) is 6.07 Å². The molecule has 0 atom stereocenters. The molecule has 0 aliphatic carbocycles. The Morgan fingerprint density at radius 2 is 2.10 bits per heavy atom. The van der Waals surface area contributed by atoms with E-state index in [1.165, 1.54) is 29.9 Å². The first kappa shape index (κ1) is 15.1. The third-order valence-electron chi connectivity index (χ3n) is 2.74. The van der Waals surface area contributed by atoms with E-state index >= 15 is 0 Å². The average molecular weight is 324 g/mol. The maximum absolute atomic E-state index is 12.1. The predicted octanol–water partition coefficient (Wildman–Crippen LogP) is 2.08. The van der Waals surface area contributed by atoms with E-state index < -0.39 is 15.0 Å². The Morgan fingerprint density at radius 3 is 2.67 bits per heavy atom. The summed E-state index contributed by atoms with van der Waals surface area (Å²) < 4.78 is 23.9. The van der Waals surface area contributed by atoms with Crippen LogP contribution in [0.5, 0.6) is 0 Å². The van der Waals surface area contributed by atoms with Gasteiger partial charge in [0.15, 0.2) is 0 Å². The number of nitrogens with zero attached hydrogens (tertiary/aromatic N) is 2. The fourth-order valence-electron chi connectivity index (χ4n) is 1.75. The van der Waals surface area contributed by atoms with Gasteiger partial charge in [-0.15, -0.1) is 0 Å². The molecule has 1 aromatic heterocycles. The van der Waals surface area contributed by atoms with Crippen LogP contribution in [0.1, 0.15) is 16.1 Å². The SMILES string of the molecule is Cn1cc(S(=O)(=O)Cl)cc1C(=O)Nc1cccc(C#N)c1. The number of amides is 1. The number of anilines is 1. The van der Waals surface area contributed by atoms with E-state index in [9.17, 15) is 13.2 Å². The summed E-state index contributed by atoms with van der Waals surface area (Å²) in [5.41, 5.74) is 0.982. The molecule has 21 heavy (non-hydrogen) atoms. The second kappa shape index (κ2) is 5.60. The van der Waals surface area contributed by atoms with E-state index in [1.54, 1.807) is 18.2 Å². The van der Waals surface area contributed by atoms with Crippen LogP contribution in [0.15, 0.2) is 41.4 Å². The van der Waals surface area contributed by atoms with Crippen molar-refractivity contribution >= 4 is 31.3 Å². The maximum atomic E-state index is 12.1. The van der Waals surface area contributed by atoms with Crippen molar-refractivity contribution in [3.05, 3.63) is 47.8 Å². The van der Waals surface area contributed by atoms with Crippen LogP contribution in [0, 0.1) is 11.3 Å². The third-order valence-corrected chi connectivity index (χ3v) is 4.06. The number of nitrogens with one attached hydrogen (secondary N) is 1. The smallest absolute Gasteiger partial charge is 0.272 e. The average Bonchev–Trinajstić information content (AvgIpc) is 2.81. The van der Waals surface area contributed by atoms with Crippen molar-refractivity contribution in [2.75, 3.05) is 5.32 Å². The van der Waals surface area contributed by atoms with Crippen LogP contribution in [0.3, 0.4) is 0 Å². The molecule has 0 aliphatic rings. The molecule has 2 aromatic rings. The molecular formula is C13H10ClN3O3S. The highest BCUT2D eigenvalue weighted by Gasteiger charge is 2.18. The van der Waals surface area contributed by atoms with Crippen LogP contribution in [0.2, 0.25) is 0 Å². The lowest BCUT2D eigenvalue weighted by Crippen LogP contribution is -2.15. The number of carbonyl (C=O) groups excluding carboxylic acids is 1. The topological polar surface area (TPSA) is 92.0 Å². The number of aromatic nitrogens is 1. The van der Waals surface area contributed by atoms with Crippen LogP contribution in [-0.2, 0) is 16.1 Å². The summed E-state index contributed by atoms with van der Waals surface area (Å²) in [6.45, 7) is 0. The van der Waals surface area contributed by atoms with Gasteiger partial charge in [0.25, 0.3) is 15.0 Å². The Morgan fingerprint density at radius 1 is 1.38 bits per heavy atom. The molecule has 8 heteroatoms. The first-order valence-corrected chi connectivity index (χ1v) is 8.05. The molecule has 0 aliphatic heterocycles. The van der Waals surface area contributed by atoms with E-state index in [1.807, 2.05) is 6.07 Å². The van der Waals surface area contributed by atoms with Crippen molar-refractivity contribution in [2.45, 2.75) is 4.90 Å². The zero-order valence-electron chi connectivity index (χ0n) is 10.9. The van der Waals surface area contributed by atoms with E-state index in [-0.39, 0.29) is 10.6 Å². The summed E-state index contributed by atoms with van der Waals surface area (Å²) in [4.78, 5) is 12.0. The van der Waals surface area contributed by atoms with Crippen molar-refractivity contribution in [1.29, 1.82) is 5.26 Å². The first-order chi connectivity index (χ1) is 9.81. The van der Waals surface area contributed by atoms with Crippen molar-refractivity contribution in [1.82, 2.24) is 4.57 Å². The minimum Gasteiger partial charge on any atom is -0.345 e. The highest BCUT2D eigenvalue weighted by molar-refractivity contribution is 8.13. The molecule has 0 fully saturated rings. The molecule has 0 saturated heterocycles. The van der Waals surface area contributed by atoms with E-state index in [0.717, 1.165) is 0 Å². The molecule has 1 N–H and O–H groups in total. The highest BCUT2D eigenvalue weighted by Crippen LogP contribution is 2.19. The molecule has 6 nitrogen and oxygen atoms in total. The van der Waals surface area contributed by atoms with Gasteiger partial charge in [-0.05, 0) is 24.3 Å². The van der Waals surface area contributed by atoms with Crippen molar-refractivity contribution in [2.24, 2.45) is 7.05 Å². The van der Waals surface area contributed by atoms with Gasteiger partial charge in [0.2, 0.25) is 0 Å². The summed E-state index contributed by atoms with van der Waals surface area (Å²) >= 11 is 0. The zero-order chi connectivity index (χ0) is 15.6. The van der Waals surface area contributed by atoms with Crippen LogP contribution in [0.25, 0.3) is 0 Å². The second-order valence-corrected chi connectivity index (χ2v) is 6.82. The first-order valence-electron chi connectivity index (χ1n) is 5.74. The fraction of sp³-hybridized carbons (Fsp3) is 0.0769. The lowest BCUT2D eigenvalue weighted by Gasteiger charge is -2.05. The monoisotopic (exact) mass is 323 g/mol. The van der Waals surface area contributed by atoms with Crippen LogP contribution in [-0.4, -0.2) is 18.9 Å². The lowest BCUT2D eigenvalue weighted by atomic mass is 10.2. The van der Waals surface area contributed by atoms with Gasteiger partial charge in [0, 0.05) is 29.6 Å². The van der Waals surface area contributed by atoms with Crippen LogP contribution >= 0.6 is 10.7 Å². The number of carbonyl (C=O) groups is 1. The molecule has 2 rings (SSSR count). The number of rotatable bonds is 3. The van der Waals surface area contributed by atoms with Crippen molar-refractivity contribution in [3.63, 3.8) is 0 Å². The summed E-state index contributed by atoms with van der Waals surface area (Å²) in [7, 11) is 2.88. The molecule has 1 aromatic carbocycles. The normalized spacial score (nSPS) is 10.9. The van der Waals surface area contributed by atoms with E-state index in [0.29, 0.717) is 11.3 Å². The quantitative estimate of drug-likeness (QED) is 0.875. The number of aryl methyl sites for hydroxylation is 1. The summed E-state index contributed by atoms with van der Waals surface area (Å²) in [6, 6.07) is 9.53. The van der Waals surface area contributed by atoms with Gasteiger partial charge in [-0.3, -0.25) is 4.79 Å². The standard InChI is InChI=1S/C13H10ClN3O3S/c1-17-8-11(21(14,19)20)6-12(17)13(18)16-10-4-2-3-9(5-10)7-15/h2-6,8H,1H3,(H,16,18). The summed E-state index contributed by atoms with van der Waals surface area (Å²) in [5.74, 6) is -0.501. The Labute approximate surface area is 126 Å². The Kier molecular flexibility index (Phi) is 4.02. The molecule has 0 unspecified atom stereocenters. The highest BCUT2D eigenvalue weighted by atomic mass is 35.7. The zero-order valence-corrected chi connectivity index (χ0v) is 12.4. The number of benzene rings is 1. The van der Waals surface area contributed by atoms with Gasteiger partial charge in [0.05, 0.1) is 11.6 Å². The third kappa shape index (κ3) is 3.42. The van der Waals surface area contributed by atoms with E-state index in [2.05, 4.69) is 5.32 Å². The minimum atomic E-state index is -3.89. The second-order valence-electron chi connectivity index (χ2n) is 4.26. The summed E-state index contributed by atoms with van der Waals surface area (Å²) in [5, 5.41) is 11.4. The number of halogens is 1. The largest absolute Gasteiger partial charge is 0.345 e.